The highest BCUT2D eigenvalue weighted by molar-refractivity contribution is 7.71. The largest absolute Gasteiger partial charge is 0.459 e. The van der Waals surface area contributed by atoms with Crippen molar-refractivity contribution in [1.29, 1.82) is 0 Å². The van der Waals surface area contributed by atoms with Gasteiger partial charge in [-0.2, -0.15) is 0 Å². The average molecular weight is 430 g/mol. The van der Waals surface area contributed by atoms with Gasteiger partial charge in [0.25, 0.3) is 0 Å². The minimum Gasteiger partial charge on any atom is -0.288 e. The van der Waals surface area contributed by atoms with Crippen LogP contribution in [0.5, 0.6) is 0 Å². The zero-order valence-corrected chi connectivity index (χ0v) is 17.6. The third-order valence-electron chi connectivity index (χ3n) is 4.44. The first-order valence-electron chi connectivity index (χ1n) is 8.48. The standard InChI is InChI=1S/C22H16Cl2O3P/c1-13-7-5-8-14(2)19(13)21(25)15-9-3-4-12-18(15)28(27)22(26)20-16(23)10-6-11-17(20)24/h3-12H,1-2H3/q+1. The smallest absolute Gasteiger partial charge is 0.288 e. The molecule has 0 amide bonds. The summed E-state index contributed by atoms with van der Waals surface area (Å²) in [6.45, 7) is 3.69. The van der Waals surface area contributed by atoms with Crippen LogP contribution >= 0.6 is 31.0 Å². The number of aryl methyl sites for hydroxylation is 2. The molecule has 28 heavy (non-hydrogen) atoms. The molecule has 0 aliphatic heterocycles. The van der Waals surface area contributed by atoms with Gasteiger partial charge in [0.15, 0.2) is 5.78 Å². The third-order valence-corrected chi connectivity index (χ3v) is 6.49. The Bertz CT molecular complexity index is 1080. The Morgan fingerprint density at radius 3 is 1.89 bits per heavy atom. The molecular formula is C22H16Cl2O3P+. The molecule has 0 aliphatic carbocycles. The summed E-state index contributed by atoms with van der Waals surface area (Å²) in [6, 6.07) is 16.6. The van der Waals surface area contributed by atoms with Crippen LogP contribution in [0.2, 0.25) is 10.0 Å². The molecule has 0 fully saturated rings. The van der Waals surface area contributed by atoms with E-state index in [1.165, 1.54) is 18.2 Å². The highest BCUT2D eigenvalue weighted by Gasteiger charge is 2.39. The van der Waals surface area contributed by atoms with Crippen LogP contribution in [-0.4, -0.2) is 11.3 Å². The molecule has 0 aromatic heterocycles. The topological polar surface area (TPSA) is 51.2 Å². The van der Waals surface area contributed by atoms with Crippen molar-refractivity contribution in [3.05, 3.63) is 98.5 Å². The predicted octanol–water partition coefficient (Wildman–Crippen LogP) is 6.13. The van der Waals surface area contributed by atoms with E-state index in [1.54, 1.807) is 24.3 Å². The first-order valence-corrected chi connectivity index (χ1v) is 10.5. The number of ketones is 1. The molecule has 0 heterocycles. The molecule has 3 nitrogen and oxygen atoms in total. The summed E-state index contributed by atoms with van der Waals surface area (Å²) in [4.78, 5) is 26.1. The Morgan fingerprint density at radius 2 is 1.29 bits per heavy atom. The van der Waals surface area contributed by atoms with E-state index in [9.17, 15) is 14.2 Å². The van der Waals surface area contributed by atoms with Gasteiger partial charge in [0.05, 0.1) is 15.6 Å². The van der Waals surface area contributed by atoms with Gasteiger partial charge in [0.2, 0.25) is 5.30 Å². The van der Waals surface area contributed by atoms with E-state index in [-0.39, 0.29) is 32.3 Å². The van der Waals surface area contributed by atoms with E-state index < -0.39 is 13.3 Å². The van der Waals surface area contributed by atoms with Crippen molar-refractivity contribution in [3.63, 3.8) is 0 Å². The van der Waals surface area contributed by atoms with E-state index in [1.807, 2.05) is 32.0 Å². The molecule has 1 atom stereocenters. The Balaban J connectivity index is 2.09. The van der Waals surface area contributed by atoms with Crippen molar-refractivity contribution in [1.82, 2.24) is 0 Å². The minimum absolute atomic E-state index is 0.00117. The van der Waals surface area contributed by atoms with Gasteiger partial charge in [0.1, 0.15) is 5.56 Å². The van der Waals surface area contributed by atoms with Crippen LogP contribution in [0.15, 0.2) is 60.7 Å². The summed E-state index contributed by atoms with van der Waals surface area (Å²) in [7, 11) is -2.59. The van der Waals surface area contributed by atoms with Crippen LogP contribution in [0.25, 0.3) is 0 Å². The number of halogens is 2. The van der Waals surface area contributed by atoms with Crippen LogP contribution in [-0.2, 0) is 4.57 Å². The monoisotopic (exact) mass is 429 g/mol. The fraction of sp³-hybridized carbons (Fsp3) is 0.0909. The second-order valence-corrected chi connectivity index (χ2v) is 8.60. The molecule has 0 saturated carbocycles. The van der Waals surface area contributed by atoms with Gasteiger partial charge in [-0.3, -0.25) is 4.79 Å². The van der Waals surface area contributed by atoms with Crippen molar-refractivity contribution in [2.24, 2.45) is 0 Å². The molecule has 0 saturated heterocycles. The van der Waals surface area contributed by atoms with Gasteiger partial charge in [-0.05, 0) is 49.2 Å². The fourth-order valence-electron chi connectivity index (χ4n) is 3.06. The summed E-state index contributed by atoms with van der Waals surface area (Å²) in [5.74, 6) is -0.271. The molecule has 0 aliphatic rings. The summed E-state index contributed by atoms with van der Waals surface area (Å²) in [5.41, 5.74) is 1.71. The number of benzene rings is 3. The number of hydrogen-bond donors (Lipinski definition) is 0. The first-order chi connectivity index (χ1) is 13.3. The maximum Gasteiger partial charge on any atom is 0.459 e. The van der Waals surface area contributed by atoms with Crippen molar-refractivity contribution < 1.29 is 14.2 Å². The molecule has 3 rings (SSSR count). The summed E-state index contributed by atoms with van der Waals surface area (Å²) < 4.78 is 13.1. The van der Waals surface area contributed by atoms with Crippen LogP contribution in [0.3, 0.4) is 0 Å². The molecule has 3 aromatic rings. The zero-order chi connectivity index (χ0) is 20.4. The van der Waals surface area contributed by atoms with E-state index in [0.717, 1.165) is 11.1 Å². The number of rotatable bonds is 5. The van der Waals surface area contributed by atoms with Crippen LogP contribution < -0.4 is 5.30 Å². The molecule has 0 N–H and O–H groups in total. The average Bonchev–Trinajstić information content (AvgIpc) is 2.67. The number of carbonyl (C=O) groups excluding carboxylic acids is 2. The van der Waals surface area contributed by atoms with Crippen LogP contribution in [0, 0.1) is 13.8 Å². The molecule has 1 unspecified atom stereocenters. The summed E-state index contributed by atoms with van der Waals surface area (Å²) in [6.07, 6.45) is 0. The van der Waals surface area contributed by atoms with Crippen LogP contribution in [0.4, 0.5) is 0 Å². The minimum atomic E-state index is -2.59. The second-order valence-electron chi connectivity index (χ2n) is 6.31. The molecule has 3 aromatic carbocycles. The Labute approximate surface area is 174 Å². The van der Waals surface area contributed by atoms with Gasteiger partial charge in [-0.1, -0.05) is 64.2 Å². The number of carbonyl (C=O) groups is 2. The Morgan fingerprint density at radius 1 is 0.750 bits per heavy atom. The van der Waals surface area contributed by atoms with E-state index in [2.05, 4.69) is 0 Å². The lowest BCUT2D eigenvalue weighted by Crippen LogP contribution is -2.17. The Kier molecular flexibility index (Phi) is 6.10. The second kappa shape index (κ2) is 8.36. The predicted molar refractivity (Wildman–Crippen MR) is 114 cm³/mol. The van der Waals surface area contributed by atoms with Gasteiger partial charge in [-0.25, -0.2) is 4.79 Å². The van der Waals surface area contributed by atoms with Gasteiger partial charge in [-0.15, -0.1) is 0 Å². The van der Waals surface area contributed by atoms with Crippen LogP contribution in [0.1, 0.15) is 37.4 Å². The fourth-order valence-corrected chi connectivity index (χ4v) is 5.04. The van der Waals surface area contributed by atoms with Crippen molar-refractivity contribution in [2.45, 2.75) is 13.8 Å². The molecule has 0 radical (unpaired) electrons. The number of hydrogen-bond acceptors (Lipinski definition) is 3. The molecule has 0 bridgehead atoms. The quantitative estimate of drug-likeness (QED) is 0.361. The van der Waals surface area contributed by atoms with E-state index >= 15 is 0 Å². The molecule has 140 valence electrons. The maximum absolute atomic E-state index is 13.2. The van der Waals surface area contributed by atoms with Gasteiger partial charge < -0.3 is 0 Å². The molecular weight excluding hydrogens is 414 g/mol. The first kappa shape index (κ1) is 20.4. The van der Waals surface area contributed by atoms with Crippen molar-refractivity contribution in [3.8, 4) is 0 Å². The highest BCUT2D eigenvalue weighted by atomic mass is 35.5. The summed E-state index contributed by atoms with van der Waals surface area (Å²) in [5, 5.41) is 0.421. The SMILES string of the molecule is Cc1cccc(C)c1C(=O)c1ccccc1[P+](=O)C(=O)c1c(Cl)cccc1Cl. The van der Waals surface area contributed by atoms with Gasteiger partial charge >= 0.3 is 13.3 Å². The normalized spacial score (nSPS) is 11.2. The molecule has 6 heteroatoms. The lowest BCUT2D eigenvalue weighted by Gasteiger charge is -2.09. The Hall–Kier alpha value is -2.32. The van der Waals surface area contributed by atoms with Crippen molar-refractivity contribution >= 4 is 47.6 Å². The van der Waals surface area contributed by atoms with E-state index in [0.29, 0.717) is 5.56 Å². The molecule has 0 spiro atoms. The highest BCUT2D eigenvalue weighted by Crippen LogP contribution is 2.35. The third kappa shape index (κ3) is 3.79. The van der Waals surface area contributed by atoms with E-state index in [4.69, 9.17) is 23.2 Å². The van der Waals surface area contributed by atoms with Crippen molar-refractivity contribution in [2.75, 3.05) is 0 Å². The lowest BCUT2D eigenvalue weighted by atomic mass is 9.95. The lowest BCUT2D eigenvalue weighted by molar-refractivity contribution is 0.103. The zero-order valence-electron chi connectivity index (χ0n) is 15.2. The van der Waals surface area contributed by atoms with Gasteiger partial charge in [0, 0.05) is 5.56 Å². The summed E-state index contributed by atoms with van der Waals surface area (Å²) >= 11 is 12.2. The maximum atomic E-state index is 13.2.